The Morgan fingerprint density at radius 2 is 2.29 bits per heavy atom. The van der Waals surface area contributed by atoms with Gasteiger partial charge in [-0.1, -0.05) is 6.07 Å². The molecule has 0 unspecified atom stereocenters. The first-order valence-corrected chi connectivity index (χ1v) is 7.60. The number of likely N-dealkylation sites (tertiary alicyclic amines) is 1. The average molecular weight is 282 g/mol. The van der Waals surface area contributed by atoms with Crippen LogP contribution in [-0.2, 0) is 6.54 Å². The van der Waals surface area contributed by atoms with E-state index in [9.17, 15) is 0 Å². The van der Waals surface area contributed by atoms with E-state index in [1.54, 1.807) is 0 Å². The van der Waals surface area contributed by atoms with E-state index in [0.717, 1.165) is 18.9 Å². The number of rotatable bonds is 4. The highest BCUT2D eigenvalue weighted by molar-refractivity contribution is 5.38. The molecule has 0 amide bonds. The highest BCUT2D eigenvalue weighted by atomic mass is 15.1. The van der Waals surface area contributed by atoms with Crippen LogP contribution < -0.4 is 5.32 Å². The molecule has 0 saturated carbocycles. The van der Waals surface area contributed by atoms with Gasteiger partial charge >= 0.3 is 0 Å². The number of nitrogens with zero attached hydrogens (tertiary/aromatic N) is 3. The summed E-state index contributed by atoms with van der Waals surface area (Å²) in [6.07, 6.45) is 8.22. The molecule has 0 aliphatic carbocycles. The third-order valence-corrected chi connectivity index (χ3v) is 4.15. The van der Waals surface area contributed by atoms with Crippen molar-refractivity contribution in [3.63, 3.8) is 0 Å². The SMILES string of the molecule is CNc1cc([C@H]2CCCN(Cc3cccnc3)C2)ccn1. The fourth-order valence-electron chi connectivity index (χ4n) is 3.06. The molecule has 1 atom stereocenters. The van der Waals surface area contributed by atoms with Gasteiger partial charge in [-0.3, -0.25) is 9.88 Å². The second kappa shape index (κ2) is 6.68. The molecular formula is C17H22N4. The predicted molar refractivity (Wildman–Crippen MR) is 85.3 cm³/mol. The number of nitrogens with one attached hydrogen (secondary N) is 1. The van der Waals surface area contributed by atoms with Crippen molar-refractivity contribution in [2.45, 2.75) is 25.3 Å². The number of anilines is 1. The molecule has 1 N–H and O–H groups in total. The van der Waals surface area contributed by atoms with E-state index in [1.165, 1.54) is 30.5 Å². The van der Waals surface area contributed by atoms with Crippen LogP contribution in [0.1, 0.15) is 29.9 Å². The molecule has 1 saturated heterocycles. The quantitative estimate of drug-likeness (QED) is 0.936. The number of hydrogen-bond donors (Lipinski definition) is 1. The van der Waals surface area contributed by atoms with Gasteiger partial charge in [0.2, 0.25) is 0 Å². The molecule has 1 fully saturated rings. The van der Waals surface area contributed by atoms with Crippen LogP contribution in [0.15, 0.2) is 42.9 Å². The normalized spacial score (nSPS) is 19.4. The molecular weight excluding hydrogens is 260 g/mol. The number of pyridine rings is 2. The van der Waals surface area contributed by atoms with Gasteiger partial charge in [-0.25, -0.2) is 4.98 Å². The van der Waals surface area contributed by atoms with Crippen molar-refractivity contribution in [3.8, 4) is 0 Å². The molecule has 1 aliphatic rings. The van der Waals surface area contributed by atoms with Crippen molar-refractivity contribution >= 4 is 5.82 Å². The summed E-state index contributed by atoms with van der Waals surface area (Å²) in [6, 6.07) is 8.50. The van der Waals surface area contributed by atoms with E-state index < -0.39 is 0 Å². The zero-order valence-corrected chi connectivity index (χ0v) is 12.5. The molecule has 21 heavy (non-hydrogen) atoms. The second-order valence-electron chi connectivity index (χ2n) is 5.66. The second-order valence-corrected chi connectivity index (χ2v) is 5.66. The Kier molecular flexibility index (Phi) is 4.46. The number of piperidine rings is 1. The molecule has 3 heterocycles. The Balaban J connectivity index is 1.67. The number of hydrogen-bond acceptors (Lipinski definition) is 4. The van der Waals surface area contributed by atoms with Crippen LogP contribution in [0.3, 0.4) is 0 Å². The average Bonchev–Trinajstić information content (AvgIpc) is 2.56. The molecule has 4 heteroatoms. The van der Waals surface area contributed by atoms with E-state index in [-0.39, 0.29) is 0 Å². The summed E-state index contributed by atoms with van der Waals surface area (Å²) < 4.78 is 0. The van der Waals surface area contributed by atoms with E-state index in [4.69, 9.17) is 0 Å². The zero-order chi connectivity index (χ0) is 14.5. The molecule has 3 rings (SSSR count). The van der Waals surface area contributed by atoms with Gasteiger partial charge in [0.05, 0.1) is 0 Å². The minimum absolute atomic E-state index is 0.602. The zero-order valence-electron chi connectivity index (χ0n) is 12.5. The summed E-state index contributed by atoms with van der Waals surface area (Å²) >= 11 is 0. The molecule has 110 valence electrons. The van der Waals surface area contributed by atoms with Crippen molar-refractivity contribution in [3.05, 3.63) is 54.0 Å². The predicted octanol–water partition coefficient (Wildman–Crippen LogP) is 2.90. The fourth-order valence-corrected chi connectivity index (χ4v) is 3.06. The van der Waals surface area contributed by atoms with Crippen LogP contribution in [0.25, 0.3) is 0 Å². The van der Waals surface area contributed by atoms with Gasteiger partial charge < -0.3 is 5.32 Å². The summed E-state index contributed by atoms with van der Waals surface area (Å²) in [6.45, 7) is 3.28. The minimum Gasteiger partial charge on any atom is -0.373 e. The van der Waals surface area contributed by atoms with Crippen LogP contribution in [-0.4, -0.2) is 35.0 Å². The van der Waals surface area contributed by atoms with Crippen LogP contribution in [0.2, 0.25) is 0 Å². The molecule has 0 radical (unpaired) electrons. The lowest BCUT2D eigenvalue weighted by Crippen LogP contribution is -2.33. The van der Waals surface area contributed by atoms with Crippen molar-refractivity contribution in [2.24, 2.45) is 0 Å². The van der Waals surface area contributed by atoms with Gasteiger partial charge in [0.15, 0.2) is 0 Å². The topological polar surface area (TPSA) is 41.0 Å². The summed E-state index contributed by atoms with van der Waals surface area (Å²) in [4.78, 5) is 11.0. The van der Waals surface area contributed by atoms with Crippen LogP contribution in [0.4, 0.5) is 5.82 Å². The summed E-state index contributed by atoms with van der Waals surface area (Å²) in [7, 11) is 1.92. The van der Waals surface area contributed by atoms with Crippen LogP contribution in [0.5, 0.6) is 0 Å². The van der Waals surface area contributed by atoms with E-state index in [2.05, 4.69) is 38.4 Å². The molecule has 1 aliphatic heterocycles. The van der Waals surface area contributed by atoms with Crippen molar-refractivity contribution in [2.75, 3.05) is 25.5 Å². The third kappa shape index (κ3) is 3.58. The molecule has 0 spiro atoms. The van der Waals surface area contributed by atoms with Crippen LogP contribution >= 0.6 is 0 Å². The highest BCUT2D eigenvalue weighted by Crippen LogP contribution is 2.28. The van der Waals surface area contributed by atoms with E-state index >= 15 is 0 Å². The molecule has 0 bridgehead atoms. The fraction of sp³-hybridized carbons (Fsp3) is 0.412. The smallest absolute Gasteiger partial charge is 0.125 e. The van der Waals surface area contributed by atoms with E-state index in [1.807, 2.05) is 31.7 Å². The lowest BCUT2D eigenvalue weighted by molar-refractivity contribution is 0.200. The maximum Gasteiger partial charge on any atom is 0.125 e. The summed E-state index contributed by atoms with van der Waals surface area (Å²) in [5.74, 6) is 1.56. The number of aromatic nitrogens is 2. The van der Waals surface area contributed by atoms with Crippen molar-refractivity contribution in [1.82, 2.24) is 14.9 Å². The molecule has 4 nitrogen and oxygen atoms in total. The van der Waals surface area contributed by atoms with Gasteiger partial charge in [0, 0.05) is 38.7 Å². The maximum atomic E-state index is 4.31. The minimum atomic E-state index is 0.602. The van der Waals surface area contributed by atoms with Gasteiger partial charge in [-0.15, -0.1) is 0 Å². The van der Waals surface area contributed by atoms with Gasteiger partial charge in [-0.2, -0.15) is 0 Å². The van der Waals surface area contributed by atoms with Crippen LogP contribution in [0, 0.1) is 0 Å². The standard InChI is InChI=1S/C17H22N4/c1-18-17-10-15(6-8-20-17)16-5-3-9-21(13-16)12-14-4-2-7-19-11-14/h2,4,6-8,10-11,16H,3,5,9,12-13H2,1H3,(H,18,20)/t16-/m0/s1. The molecule has 0 aromatic carbocycles. The lowest BCUT2D eigenvalue weighted by Gasteiger charge is -2.33. The van der Waals surface area contributed by atoms with E-state index in [0.29, 0.717) is 5.92 Å². The van der Waals surface area contributed by atoms with Crippen molar-refractivity contribution < 1.29 is 0 Å². The molecule has 2 aromatic rings. The first kappa shape index (κ1) is 14.0. The Labute approximate surface area is 126 Å². The monoisotopic (exact) mass is 282 g/mol. The summed E-state index contributed by atoms with van der Waals surface area (Å²) in [5.41, 5.74) is 2.69. The van der Waals surface area contributed by atoms with Gasteiger partial charge in [-0.05, 0) is 54.6 Å². The van der Waals surface area contributed by atoms with Gasteiger partial charge in [0.1, 0.15) is 5.82 Å². The van der Waals surface area contributed by atoms with Gasteiger partial charge in [0.25, 0.3) is 0 Å². The summed E-state index contributed by atoms with van der Waals surface area (Å²) in [5, 5.41) is 3.12. The Bertz CT molecular complexity index is 570. The Morgan fingerprint density at radius 1 is 1.33 bits per heavy atom. The first-order chi connectivity index (χ1) is 10.3. The first-order valence-electron chi connectivity index (χ1n) is 7.60. The largest absolute Gasteiger partial charge is 0.373 e. The highest BCUT2D eigenvalue weighted by Gasteiger charge is 2.21. The molecule has 2 aromatic heterocycles. The van der Waals surface area contributed by atoms with Crippen molar-refractivity contribution in [1.29, 1.82) is 0 Å². The maximum absolute atomic E-state index is 4.31. The Morgan fingerprint density at radius 3 is 3.10 bits per heavy atom. The third-order valence-electron chi connectivity index (χ3n) is 4.15. The Hall–Kier alpha value is -1.94. The lowest BCUT2D eigenvalue weighted by atomic mass is 9.91.